The summed E-state index contributed by atoms with van der Waals surface area (Å²) in [6.45, 7) is 37.5. The van der Waals surface area contributed by atoms with Crippen molar-refractivity contribution in [3.63, 3.8) is 0 Å². The molecule has 0 fully saturated rings. The normalized spacial score (nSPS) is 13.0. The van der Waals surface area contributed by atoms with Crippen LogP contribution in [0.5, 0.6) is 0 Å². The van der Waals surface area contributed by atoms with Crippen molar-refractivity contribution >= 4 is 87.2 Å². The van der Waals surface area contributed by atoms with Gasteiger partial charge in [-0.25, -0.2) is 0 Å². The number of fused-ring (bicyclic) bond motifs is 12. The highest BCUT2D eigenvalue weighted by Gasteiger charge is 2.44. The van der Waals surface area contributed by atoms with Crippen molar-refractivity contribution in [3.05, 3.63) is 263 Å². The monoisotopic (exact) mass is 1250 g/mol. The molecule has 0 aliphatic carbocycles. The number of para-hydroxylation sites is 4. The first-order valence-corrected chi connectivity index (χ1v) is 34.0. The minimum absolute atomic E-state index is 0.167. The Bertz CT molecular complexity index is 5360. The van der Waals surface area contributed by atoms with Gasteiger partial charge in [-0.1, -0.05) is 204 Å². The Morgan fingerprint density at radius 2 is 0.531 bits per heavy atom. The predicted octanol–water partition coefficient (Wildman–Crippen LogP) is 23.9. The van der Waals surface area contributed by atoms with E-state index >= 15 is 0 Å². The lowest BCUT2D eigenvalue weighted by atomic mass is 9.74. The summed E-state index contributed by atoms with van der Waals surface area (Å²) in [6, 6.07) is 86.5. The Labute approximate surface area is 564 Å². The summed E-state index contributed by atoms with van der Waals surface area (Å²) in [5, 5.41) is 32.0. The van der Waals surface area contributed by atoms with E-state index in [-0.39, 0.29) is 21.7 Å². The number of hydrogen-bond acceptors (Lipinski definition) is 2. The maximum Gasteiger partial charge on any atom is 0.0991 e. The number of nitrogens with zero attached hydrogens (tertiary/aromatic N) is 6. The van der Waals surface area contributed by atoms with Crippen molar-refractivity contribution in [2.24, 2.45) is 0 Å². The molecule has 0 bridgehead atoms. The molecule has 0 atom stereocenters. The van der Waals surface area contributed by atoms with E-state index in [4.69, 9.17) is 0 Å². The molecule has 0 unspecified atom stereocenters. The lowest BCUT2D eigenvalue weighted by Gasteiger charge is -2.42. The van der Waals surface area contributed by atoms with Gasteiger partial charge in [0, 0.05) is 81.8 Å². The van der Waals surface area contributed by atoms with Crippen molar-refractivity contribution in [1.82, 2.24) is 18.3 Å². The minimum atomic E-state index is -0.981. The lowest BCUT2D eigenvalue weighted by Crippen LogP contribution is -2.35. The second kappa shape index (κ2) is 21.6. The molecule has 0 N–H and O–H groups in total. The van der Waals surface area contributed by atoms with E-state index in [0.717, 1.165) is 121 Å². The van der Waals surface area contributed by atoms with E-state index in [2.05, 4.69) is 347 Å². The SMILES string of the molecule is CC(C)(C)c1ccc2c(c1)c1cc(C(C)(C)C)ccc1n2-c1c(-c2cccc(C#N)c2)c(C(C)(C)n2c3ccccc3c3ccccc32)c(-c2cccc(C#N)c2)c(-n2c3ccc(C(C)(C)C)cc3c3cc(C(C)(C)C)ccc32)c1C(C)(C)n1c2ccccc2c2ccccc21. The first kappa shape index (κ1) is 61.8. The molecule has 474 valence electrons. The maximum absolute atomic E-state index is 11.4. The Morgan fingerprint density at radius 3 is 0.802 bits per heavy atom. The zero-order valence-corrected chi connectivity index (χ0v) is 58.5. The van der Waals surface area contributed by atoms with Crippen LogP contribution in [0.25, 0.3) is 121 Å². The average Bonchev–Trinajstić information content (AvgIpc) is 1.37. The van der Waals surface area contributed by atoms with E-state index in [1.165, 1.54) is 33.0 Å². The summed E-state index contributed by atoms with van der Waals surface area (Å²) >= 11 is 0. The molecule has 15 aromatic rings. The maximum atomic E-state index is 11.4. The first-order valence-electron chi connectivity index (χ1n) is 34.0. The van der Waals surface area contributed by atoms with E-state index in [1.807, 2.05) is 12.1 Å². The van der Waals surface area contributed by atoms with Gasteiger partial charge in [0.25, 0.3) is 0 Å². The fourth-order valence-corrected chi connectivity index (χ4v) is 16.1. The third kappa shape index (κ3) is 9.46. The molecular weight excluding hydrogens is 1170 g/mol. The largest absolute Gasteiger partial charge is 0.331 e. The van der Waals surface area contributed by atoms with Gasteiger partial charge in [0.15, 0.2) is 0 Å². The summed E-state index contributed by atoms with van der Waals surface area (Å²) in [6.07, 6.45) is 0. The third-order valence-electron chi connectivity index (χ3n) is 21.0. The Kier molecular flexibility index (Phi) is 13.9. The van der Waals surface area contributed by atoms with Gasteiger partial charge in [-0.15, -0.1) is 0 Å². The highest BCUT2D eigenvalue weighted by atomic mass is 15.1. The molecule has 96 heavy (non-hydrogen) atoms. The molecule has 0 spiro atoms. The van der Waals surface area contributed by atoms with Crippen LogP contribution in [0, 0.1) is 22.7 Å². The average molecular weight is 1250 g/mol. The van der Waals surface area contributed by atoms with Crippen LogP contribution < -0.4 is 0 Å². The molecule has 0 saturated heterocycles. The second-order valence-corrected chi connectivity index (χ2v) is 32.0. The summed E-state index contributed by atoms with van der Waals surface area (Å²) in [5.41, 5.74) is 20.0. The highest BCUT2D eigenvalue weighted by Crippen LogP contribution is 2.58. The van der Waals surface area contributed by atoms with Gasteiger partial charge in [-0.3, -0.25) is 0 Å². The molecule has 0 radical (unpaired) electrons. The number of rotatable bonds is 8. The van der Waals surface area contributed by atoms with Gasteiger partial charge in [0.1, 0.15) is 0 Å². The lowest BCUT2D eigenvalue weighted by molar-refractivity contribution is 0.455. The van der Waals surface area contributed by atoms with Crippen molar-refractivity contribution in [3.8, 4) is 45.8 Å². The van der Waals surface area contributed by atoms with Gasteiger partial charge in [-0.2, -0.15) is 10.5 Å². The van der Waals surface area contributed by atoms with E-state index in [0.29, 0.717) is 11.1 Å². The van der Waals surface area contributed by atoms with Crippen LogP contribution in [0.3, 0.4) is 0 Å². The molecule has 0 aliphatic rings. The molecule has 4 aromatic heterocycles. The van der Waals surface area contributed by atoms with Crippen LogP contribution in [-0.4, -0.2) is 18.3 Å². The standard InChI is InChI=1S/C90H84N6/c1-85(2,3)59-39-43-71-67(49-59)68-50-60(86(4,5)6)40-44-72(68)93(71)83-79(57-29-25-27-55(47-57)53-91)81(89(13,14)95-75-35-21-17-31-63(75)64-32-18-22-36-76(64)95)80(58-30-26-28-56(48-58)54-92)84(82(83)90(15,16)96-77-37-23-19-33-65(77)66-34-20-24-38-78(66)96)94-73-45-41-61(87(7,8)9)51-69(73)70-52-62(88(10,11)12)42-46-74(70)94/h17-52H,1-16H3. The van der Waals surface area contributed by atoms with E-state index < -0.39 is 11.1 Å². The number of nitriles is 2. The van der Waals surface area contributed by atoms with Crippen molar-refractivity contribution in [2.75, 3.05) is 0 Å². The van der Waals surface area contributed by atoms with Crippen LogP contribution >= 0.6 is 0 Å². The van der Waals surface area contributed by atoms with Crippen molar-refractivity contribution in [1.29, 1.82) is 10.5 Å². The molecule has 4 heterocycles. The summed E-state index contributed by atoms with van der Waals surface area (Å²) in [5.74, 6) is 0. The molecule has 15 rings (SSSR count). The van der Waals surface area contributed by atoms with Gasteiger partial charge in [0.05, 0.1) is 67.8 Å². The van der Waals surface area contributed by atoms with E-state index in [9.17, 15) is 10.5 Å². The highest BCUT2D eigenvalue weighted by molar-refractivity contribution is 6.15. The molecule has 0 aliphatic heterocycles. The van der Waals surface area contributed by atoms with Crippen LogP contribution in [0.1, 0.15) is 155 Å². The zero-order valence-electron chi connectivity index (χ0n) is 58.5. The van der Waals surface area contributed by atoms with Crippen molar-refractivity contribution < 1.29 is 0 Å². The Balaban J connectivity index is 1.33. The smallest absolute Gasteiger partial charge is 0.0991 e. The Hall–Kier alpha value is -10.4. The fraction of sp³-hybridized carbons (Fsp3) is 0.244. The van der Waals surface area contributed by atoms with Crippen LogP contribution in [-0.2, 0) is 32.7 Å². The summed E-state index contributed by atoms with van der Waals surface area (Å²) in [4.78, 5) is 0. The molecule has 0 amide bonds. The summed E-state index contributed by atoms with van der Waals surface area (Å²) < 4.78 is 10.5. The second-order valence-electron chi connectivity index (χ2n) is 32.0. The fourth-order valence-electron chi connectivity index (χ4n) is 16.1. The zero-order chi connectivity index (χ0) is 67.5. The predicted molar refractivity (Wildman–Crippen MR) is 406 cm³/mol. The molecule has 11 aromatic carbocycles. The van der Waals surface area contributed by atoms with Crippen LogP contribution in [0.4, 0.5) is 0 Å². The Morgan fingerprint density at radius 1 is 0.260 bits per heavy atom. The quantitative estimate of drug-likeness (QED) is 0.152. The third-order valence-corrected chi connectivity index (χ3v) is 21.0. The summed E-state index contributed by atoms with van der Waals surface area (Å²) in [7, 11) is 0. The molecule has 6 nitrogen and oxygen atoms in total. The molecule has 0 saturated carbocycles. The number of hydrogen-bond donors (Lipinski definition) is 0. The van der Waals surface area contributed by atoms with Crippen LogP contribution in [0.2, 0.25) is 0 Å². The molecule has 6 heteroatoms. The topological polar surface area (TPSA) is 67.3 Å². The van der Waals surface area contributed by atoms with Gasteiger partial charge in [-0.05, 0) is 185 Å². The first-order chi connectivity index (χ1) is 45.6. The molecular formula is C90H84N6. The van der Waals surface area contributed by atoms with Crippen LogP contribution in [0.15, 0.2) is 218 Å². The number of aromatic nitrogens is 4. The van der Waals surface area contributed by atoms with Gasteiger partial charge >= 0.3 is 0 Å². The minimum Gasteiger partial charge on any atom is -0.331 e. The van der Waals surface area contributed by atoms with Crippen molar-refractivity contribution in [2.45, 2.75) is 144 Å². The van der Waals surface area contributed by atoms with Gasteiger partial charge < -0.3 is 18.3 Å². The number of benzene rings is 11. The van der Waals surface area contributed by atoms with Gasteiger partial charge in [0.2, 0.25) is 0 Å². The van der Waals surface area contributed by atoms with E-state index in [1.54, 1.807) is 0 Å².